The van der Waals surface area contributed by atoms with Gasteiger partial charge in [0.25, 0.3) is 0 Å². The summed E-state index contributed by atoms with van der Waals surface area (Å²) in [5, 5.41) is 3.92. The molecule has 4 heteroatoms. The van der Waals surface area contributed by atoms with Gasteiger partial charge in [-0.25, -0.2) is 9.40 Å². The first-order valence-electron chi connectivity index (χ1n) is 8.16. The monoisotopic (exact) mass is 322 g/mol. The molecule has 3 nitrogen and oxygen atoms in total. The Morgan fingerprint density at radius 3 is 2.50 bits per heavy atom. The number of nitrogens with zero attached hydrogens (tertiary/aromatic N) is 2. The van der Waals surface area contributed by atoms with Crippen molar-refractivity contribution >= 4 is 17.2 Å². The van der Waals surface area contributed by atoms with Crippen LogP contribution < -0.4 is 5.01 Å². The summed E-state index contributed by atoms with van der Waals surface area (Å²) in [4.78, 5) is 12.5. The Hall–Kier alpha value is -2.62. The molecule has 0 aliphatic carbocycles. The summed E-state index contributed by atoms with van der Waals surface area (Å²) >= 11 is 0. The molecule has 2 heterocycles. The van der Waals surface area contributed by atoms with E-state index in [1.165, 1.54) is 12.1 Å². The molecule has 0 radical (unpaired) electrons. The summed E-state index contributed by atoms with van der Waals surface area (Å²) in [6.45, 7) is 4.76. The molecule has 24 heavy (non-hydrogen) atoms. The van der Waals surface area contributed by atoms with Crippen molar-refractivity contribution in [1.29, 1.82) is 0 Å². The molecule has 0 spiro atoms. The van der Waals surface area contributed by atoms with Crippen LogP contribution in [0.15, 0.2) is 54.6 Å². The lowest BCUT2D eigenvalue weighted by Crippen LogP contribution is -2.51. The molecule has 0 unspecified atom stereocenters. The fraction of sp³-hybridized carbons (Fsp3) is 0.250. The van der Waals surface area contributed by atoms with E-state index in [0.717, 1.165) is 22.4 Å². The van der Waals surface area contributed by atoms with Gasteiger partial charge in [0.1, 0.15) is 5.82 Å². The Labute approximate surface area is 141 Å². The van der Waals surface area contributed by atoms with Crippen LogP contribution in [0.5, 0.6) is 0 Å². The zero-order chi connectivity index (χ0) is 16.9. The highest BCUT2D eigenvalue weighted by Crippen LogP contribution is 2.41. The Morgan fingerprint density at radius 2 is 1.75 bits per heavy atom. The lowest BCUT2D eigenvalue weighted by molar-refractivity contribution is -0.131. The number of rotatable bonds is 1. The normalized spacial score (nSPS) is 18.8. The van der Waals surface area contributed by atoms with Gasteiger partial charge in [0.05, 0.1) is 11.2 Å². The number of benzene rings is 2. The van der Waals surface area contributed by atoms with Crippen molar-refractivity contribution < 1.29 is 9.18 Å². The maximum absolute atomic E-state index is 13.3. The molecule has 0 bridgehead atoms. The van der Waals surface area contributed by atoms with E-state index in [0.29, 0.717) is 13.0 Å². The third kappa shape index (κ3) is 2.21. The van der Waals surface area contributed by atoms with Crippen LogP contribution in [0.3, 0.4) is 0 Å². The predicted molar refractivity (Wildman–Crippen MR) is 92.8 cm³/mol. The molecule has 0 atom stereocenters. The Balaban J connectivity index is 1.97. The Morgan fingerprint density at radius 1 is 1.04 bits per heavy atom. The number of fused-ring (bicyclic) bond motifs is 3. The summed E-state index contributed by atoms with van der Waals surface area (Å²) in [5.41, 5.74) is 3.60. The smallest absolute Gasteiger partial charge is 0.243 e. The molecule has 2 aliphatic heterocycles. The first-order chi connectivity index (χ1) is 11.5. The number of anilines is 1. The highest BCUT2D eigenvalue weighted by atomic mass is 19.1. The van der Waals surface area contributed by atoms with Crippen molar-refractivity contribution in [2.24, 2.45) is 0 Å². The van der Waals surface area contributed by atoms with Crippen molar-refractivity contribution in [2.75, 3.05) is 11.6 Å². The van der Waals surface area contributed by atoms with Crippen molar-refractivity contribution in [2.45, 2.75) is 25.8 Å². The summed E-state index contributed by atoms with van der Waals surface area (Å²) < 4.78 is 13.3. The van der Waals surface area contributed by atoms with Crippen LogP contribution in [-0.4, -0.2) is 23.0 Å². The van der Waals surface area contributed by atoms with E-state index in [4.69, 9.17) is 0 Å². The zero-order valence-electron chi connectivity index (χ0n) is 13.8. The third-order valence-corrected chi connectivity index (χ3v) is 4.69. The number of carbonyl (C=O) groups is 1. The standard InChI is InChI=1S/C20H19FN2O/c1-20(2)13-17(14-7-9-15(21)10-8-14)16-5-3-4-6-18(16)22-12-11-19(24)23(20)22/h3-10,13H,11-12H2,1-2H3. The Bertz CT molecular complexity index is 839. The van der Waals surface area contributed by atoms with Crippen LogP contribution in [0.4, 0.5) is 10.1 Å². The molecule has 1 amide bonds. The molecule has 0 saturated carbocycles. The summed E-state index contributed by atoms with van der Waals surface area (Å²) in [7, 11) is 0. The maximum atomic E-state index is 13.3. The largest absolute Gasteiger partial charge is 0.281 e. The quantitative estimate of drug-likeness (QED) is 0.792. The van der Waals surface area contributed by atoms with Crippen molar-refractivity contribution in [3.63, 3.8) is 0 Å². The molecular weight excluding hydrogens is 303 g/mol. The number of hydrazine groups is 1. The number of hydrogen-bond acceptors (Lipinski definition) is 2. The van der Waals surface area contributed by atoms with Crippen LogP contribution in [-0.2, 0) is 4.79 Å². The lowest BCUT2D eigenvalue weighted by atomic mass is 9.91. The van der Waals surface area contributed by atoms with Crippen molar-refractivity contribution in [1.82, 2.24) is 5.01 Å². The average molecular weight is 322 g/mol. The maximum Gasteiger partial charge on any atom is 0.243 e. The van der Waals surface area contributed by atoms with Gasteiger partial charge in [0.2, 0.25) is 5.91 Å². The second-order valence-corrected chi connectivity index (χ2v) is 6.81. The number of para-hydroxylation sites is 1. The molecule has 2 aromatic carbocycles. The highest BCUT2D eigenvalue weighted by Gasteiger charge is 2.42. The van der Waals surface area contributed by atoms with Crippen LogP contribution in [0.2, 0.25) is 0 Å². The van der Waals surface area contributed by atoms with E-state index < -0.39 is 5.54 Å². The second-order valence-electron chi connectivity index (χ2n) is 6.81. The van der Waals surface area contributed by atoms with Gasteiger partial charge >= 0.3 is 0 Å². The molecule has 4 rings (SSSR count). The van der Waals surface area contributed by atoms with E-state index in [9.17, 15) is 9.18 Å². The summed E-state index contributed by atoms with van der Waals surface area (Å²) in [6.07, 6.45) is 2.64. The minimum atomic E-state index is -0.462. The molecule has 122 valence electrons. The SMILES string of the molecule is CC1(C)C=C(c2ccc(F)cc2)c2ccccc2N2CCC(=O)N21. The number of hydrogen-bond donors (Lipinski definition) is 0. The van der Waals surface area contributed by atoms with E-state index in [2.05, 4.69) is 17.2 Å². The lowest BCUT2D eigenvalue weighted by Gasteiger charge is -2.39. The first-order valence-corrected chi connectivity index (χ1v) is 8.16. The molecule has 2 aromatic rings. The van der Waals surface area contributed by atoms with Gasteiger partial charge in [-0.3, -0.25) is 9.80 Å². The van der Waals surface area contributed by atoms with Gasteiger partial charge in [-0.2, -0.15) is 0 Å². The minimum absolute atomic E-state index is 0.131. The predicted octanol–water partition coefficient (Wildman–Crippen LogP) is 4.00. The van der Waals surface area contributed by atoms with Gasteiger partial charge in [-0.15, -0.1) is 0 Å². The Kier molecular flexibility index (Phi) is 3.23. The number of carbonyl (C=O) groups excluding carboxylic acids is 1. The van der Waals surface area contributed by atoms with Crippen molar-refractivity contribution in [3.05, 3.63) is 71.6 Å². The molecular formula is C20H19FN2O. The molecule has 0 N–H and O–H groups in total. The van der Waals surface area contributed by atoms with E-state index in [-0.39, 0.29) is 11.7 Å². The van der Waals surface area contributed by atoms with Crippen LogP contribution in [0.25, 0.3) is 5.57 Å². The van der Waals surface area contributed by atoms with E-state index in [1.807, 2.05) is 37.1 Å². The minimum Gasteiger partial charge on any atom is -0.281 e. The average Bonchev–Trinajstić information content (AvgIpc) is 2.92. The zero-order valence-corrected chi connectivity index (χ0v) is 13.8. The van der Waals surface area contributed by atoms with Gasteiger partial charge in [-0.1, -0.05) is 30.3 Å². The number of amides is 1. The van der Waals surface area contributed by atoms with Gasteiger partial charge in [0.15, 0.2) is 0 Å². The summed E-state index contributed by atoms with van der Waals surface area (Å²) in [6, 6.07) is 14.6. The van der Waals surface area contributed by atoms with E-state index >= 15 is 0 Å². The molecule has 1 saturated heterocycles. The van der Waals surface area contributed by atoms with Gasteiger partial charge < -0.3 is 0 Å². The van der Waals surface area contributed by atoms with Gasteiger partial charge in [0, 0.05) is 18.5 Å². The second kappa shape index (κ2) is 5.20. The molecule has 0 aromatic heterocycles. The first kappa shape index (κ1) is 14.9. The number of halogens is 1. The summed E-state index contributed by atoms with van der Waals surface area (Å²) in [5.74, 6) is -0.119. The topological polar surface area (TPSA) is 23.6 Å². The highest BCUT2D eigenvalue weighted by molar-refractivity contribution is 5.92. The molecule has 1 fully saturated rings. The van der Waals surface area contributed by atoms with Crippen LogP contribution >= 0.6 is 0 Å². The fourth-order valence-corrected chi connectivity index (χ4v) is 3.69. The fourth-order valence-electron chi connectivity index (χ4n) is 3.69. The third-order valence-electron chi connectivity index (χ3n) is 4.69. The van der Waals surface area contributed by atoms with Crippen molar-refractivity contribution in [3.8, 4) is 0 Å². The van der Waals surface area contributed by atoms with E-state index in [1.54, 1.807) is 12.1 Å². The van der Waals surface area contributed by atoms with Gasteiger partial charge in [-0.05, 0) is 49.3 Å². The van der Waals surface area contributed by atoms with Crippen LogP contribution in [0, 0.1) is 5.82 Å². The molecule has 2 aliphatic rings. The van der Waals surface area contributed by atoms with Crippen LogP contribution in [0.1, 0.15) is 31.4 Å².